The molecule has 0 fully saturated rings. The van der Waals surface area contributed by atoms with Gasteiger partial charge in [0.25, 0.3) is 5.56 Å². The third kappa shape index (κ3) is 4.14. The van der Waals surface area contributed by atoms with E-state index in [1.807, 2.05) is 80.6 Å². The summed E-state index contributed by atoms with van der Waals surface area (Å²) in [7, 11) is 0. The lowest BCUT2D eigenvalue weighted by molar-refractivity contribution is -0.113. The number of rotatable bonds is 5. The van der Waals surface area contributed by atoms with Gasteiger partial charge in [-0.1, -0.05) is 54.2 Å². The van der Waals surface area contributed by atoms with Gasteiger partial charge in [-0.25, -0.2) is 4.98 Å². The molecule has 0 aliphatic carbocycles. The number of aromatic nitrogens is 2. The van der Waals surface area contributed by atoms with Crippen LogP contribution in [0.3, 0.4) is 0 Å². The molecule has 0 aliphatic heterocycles. The van der Waals surface area contributed by atoms with Crippen molar-refractivity contribution < 1.29 is 4.79 Å². The van der Waals surface area contributed by atoms with E-state index in [-0.39, 0.29) is 17.2 Å². The third-order valence-corrected chi connectivity index (χ3v) is 5.67. The lowest BCUT2D eigenvalue weighted by atomic mass is 10.2. The summed E-state index contributed by atoms with van der Waals surface area (Å²) in [5.74, 6) is -0.00530. The van der Waals surface area contributed by atoms with Crippen molar-refractivity contribution in [2.24, 2.45) is 0 Å². The minimum absolute atomic E-state index is 0.142. The molecule has 1 N–H and O–H groups in total. The number of aryl methyl sites for hydroxylation is 2. The van der Waals surface area contributed by atoms with Gasteiger partial charge in [-0.05, 0) is 55.3 Å². The Bertz CT molecular complexity index is 1300. The molecule has 0 saturated heterocycles. The molecule has 6 heteroatoms. The first-order valence-corrected chi connectivity index (χ1v) is 10.6. The van der Waals surface area contributed by atoms with E-state index in [4.69, 9.17) is 4.98 Å². The first-order valence-electron chi connectivity index (χ1n) is 9.60. The van der Waals surface area contributed by atoms with Crippen molar-refractivity contribution in [2.75, 3.05) is 11.1 Å². The van der Waals surface area contributed by atoms with E-state index in [9.17, 15) is 9.59 Å². The zero-order valence-electron chi connectivity index (χ0n) is 16.8. The minimum Gasteiger partial charge on any atom is -0.325 e. The first-order chi connectivity index (χ1) is 14.5. The normalized spacial score (nSPS) is 10.9. The minimum atomic E-state index is -0.149. The molecule has 0 saturated carbocycles. The van der Waals surface area contributed by atoms with Crippen molar-refractivity contribution >= 4 is 34.3 Å². The number of benzene rings is 3. The van der Waals surface area contributed by atoms with E-state index >= 15 is 0 Å². The van der Waals surface area contributed by atoms with Gasteiger partial charge in [0.05, 0.1) is 22.3 Å². The number of anilines is 1. The standard InChI is InChI=1S/C24H21N3O2S/c1-16-8-7-10-18(14-16)25-22(28)15-30-24-26-20-12-5-4-11-19(20)23(29)27(24)21-13-6-3-9-17(21)2/h3-14H,15H2,1-2H3,(H,25,28). The number of para-hydroxylation sites is 2. The Hall–Kier alpha value is -3.38. The van der Waals surface area contributed by atoms with Crippen molar-refractivity contribution in [1.82, 2.24) is 9.55 Å². The number of hydrogen-bond acceptors (Lipinski definition) is 4. The molecule has 0 radical (unpaired) electrons. The highest BCUT2D eigenvalue weighted by Crippen LogP contribution is 2.23. The molecule has 1 amide bonds. The van der Waals surface area contributed by atoms with E-state index in [1.54, 1.807) is 10.6 Å². The second-order valence-corrected chi connectivity index (χ2v) is 7.99. The van der Waals surface area contributed by atoms with Gasteiger partial charge in [0, 0.05) is 5.69 Å². The quantitative estimate of drug-likeness (QED) is 0.378. The van der Waals surface area contributed by atoms with Crippen LogP contribution in [0.4, 0.5) is 5.69 Å². The number of amides is 1. The topological polar surface area (TPSA) is 64.0 Å². The fourth-order valence-corrected chi connectivity index (χ4v) is 4.09. The average molecular weight is 416 g/mol. The summed E-state index contributed by atoms with van der Waals surface area (Å²) in [6, 6.07) is 22.6. The van der Waals surface area contributed by atoms with Gasteiger partial charge in [-0.2, -0.15) is 0 Å². The van der Waals surface area contributed by atoms with E-state index in [2.05, 4.69) is 5.32 Å². The van der Waals surface area contributed by atoms with Gasteiger partial charge in [-0.3, -0.25) is 14.2 Å². The third-order valence-electron chi connectivity index (χ3n) is 4.74. The summed E-state index contributed by atoms with van der Waals surface area (Å²) in [6.07, 6.45) is 0. The van der Waals surface area contributed by atoms with Crippen LogP contribution in [-0.4, -0.2) is 21.2 Å². The Balaban J connectivity index is 1.69. The molecule has 4 rings (SSSR count). The summed E-state index contributed by atoms with van der Waals surface area (Å²) in [4.78, 5) is 30.5. The van der Waals surface area contributed by atoms with Crippen LogP contribution in [0.5, 0.6) is 0 Å². The van der Waals surface area contributed by atoms with E-state index in [1.165, 1.54) is 11.8 Å². The molecule has 3 aromatic carbocycles. The van der Waals surface area contributed by atoms with Gasteiger partial charge >= 0.3 is 0 Å². The molecule has 0 spiro atoms. The van der Waals surface area contributed by atoms with Crippen LogP contribution in [0.2, 0.25) is 0 Å². The number of nitrogens with one attached hydrogen (secondary N) is 1. The number of carbonyl (C=O) groups excluding carboxylic acids is 1. The maximum absolute atomic E-state index is 13.3. The number of nitrogens with zero attached hydrogens (tertiary/aromatic N) is 2. The molecule has 1 heterocycles. The molecule has 150 valence electrons. The Morgan fingerprint density at radius 2 is 1.77 bits per heavy atom. The van der Waals surface area contributed by atoms with Gasteiger partial charge < -0.3 is 5.32 Å². The number of carbonyl (C=O) groups is 1. The fourth-order valence-electron chi connectivity index (χ4n) is 3.29. The van der Waals surface area contributed by atoms with Crippen LogP contribution < -0.4 is 10.9 Å². The predicted molar refractivity (Wildman–Crippen MR) is 123 cm³/mol. The summed E-state index contributed by atoms with van der Waals surface area (Å²) < 4.78 is 1.60. The lowest BCUT2D eigenvalue weighted by Gasteiger charge is -2.15. The van der Waals surface area contributed by atoms with E-state index in [0.717, 1.165) is 22.5 Å². The lowest BCUT2D eigenvalue weighted by Crippen LogP contribution is -2.23. The van der Waals surface area contributed by atoms with Crippen LogP contribution in [0.1, 0.15) is 11.1 Å². The van der Waals surface area contributed by atoms with Crippen LogP contribution in [-0.2, 0) is 4.79 Å². The predicted octanol–water partition coefficient (Wildman–Crippen LogP) is 4.73. The van der Waals surface area contributed by atoms with Crippen LogP contribution in [0, 0.1) is 13.8 Å². The molecule has 0 bridgehead atoms. The summed E-state index contributed by atoms with van der Waals surface area (Å²) in [5.41, 5.74) is 4.03. The smallest absolute Gasteiger partial charge is 0.266 e. The largest absolute Gasteiger partial charge is 0.325 e. The van der Waals surface area contributed by atoms with Gasteiger partial charge in [-0.15, -0.1) is 0 Å². The van der Waals surface area contributed by atoms with Crippen molar-refractivity contribution in [1.29, 1.82) is 0 Å². The van der Waals surface area contributed by atoms with Crippen molar-refractivity contribution in [3.63, 3.8) is 0 Å². The molecule has 30 heavy (non-hydrogen) atoms. The maximum atomic E-state index is 13.3. The molecular formula is C24H21N3O2S. The number of thioether (sulfide) groups is 1. The second-order valence-electron chi connectivity index (χ2n) is 7.04. The highest BCUT2D eigenvalue weighted by molar-refractivity contribution is 7.99. The van der Waals surface area contributed by atoms with Crippen molar-refractivity contribution in [3.8, 4) is 5.69 Å². The van der Waals surface area contributed by atoms with E-state index < -0.39 is 0 Å². The Morgan fingerprint density at radius 1 is 1.00 bits per heavy atom. The SMILES string of the molecule is Cc1cccc(NC(=O)CSc2nc3ccccc3c(=O)n2-c2ccccc2C)c1. The van der Waals surface area contributed by atoms with Gasteiger partial charge in [0.2, 0.25) is 5.91 Å². The summed E-state index contributed by atoms with van der Waals surface area (Å²) in [5, 5.41) is 3.94. The molecule has 1 aromatic heterocycles. The summed E-state index contributed by atoms with van der Waals surface area (Å²) in [6.45, 7) is 3.93. The first kappa shape index (κ1) is 19.9. The monoisotopic (exact) mass is 415 g/mol. The van der Waals surface area contributed by atoms with Crippen LogP contribution in [0.15, 0.2) is 82.7 Å². The molecule has 4 aromatic rings. The van der Waals surface area contributed by atoms with Crippen LogP contribution in [0.25, 0.3) is 16.6 Å². The Kier molecular flexibility index (Phi) is 5.68. The fraction of sp³-hybridized carbons (Fsp3) is 0.125. The molecule has 5 nitrogen and oxygen atoms in total. The number of fused-ring (bicyclic) bond motifs is 1. The maximum Gasteiger partial charge on any atom is 0.266 e. The number of hydrogen-bond donors (Lipinski definition) is 1. The molecule has 0 atom stereocenters. The highest BCUT2D eigenvalue weighted by atomic mass is 32.2. The highest BCUT2D eigenvalue weighted by Gasteiger charge is 2.16. The van der Waals surface area contributed by atoms with Gasteiger partial charge in [0.1, 0.15) is 0 Å². The zero-order chi connectivity index (χ0) is 21.1. The van der Waals surface area contributed by atoms with Crippen LogP contribution >= 0.6 is 11.8 Å². The zero-order valence-corrected chi connectivity index (χ0v) is 17.6. The second kappa shape index (κ2) is 8.55. The average Bonchev–Trinajstić information content (AvgIpc) is 2.73. The summed E-state index contributed by atoms with van der Waals surface area (Å²) >= 11 is 1.25. The van der Waals surface area contributed by atoms with Crippen molar-refractivity contribution in [2.45, 2.75) is 19.0 Å². The Morgan fingerprint density at radius 3 is 2.57 bits per heavy atom. The van der Waals surface area contributed by atoms with E-state index in [0.29, 0.717) is 16.1 Å². The molecular weight excluding hydrogens is 394 g/mol. The molecule has 0 unspecified atom stereocenters. The van der Waals surface area contributed by atoms with Crippen molar-refractivity contribution in [3.05, 3.63) is 94.3 Å². The Labute approximate surface area is 178 Å². The molecule has 0 aliphatic rings. The van der Waals surface area contributed by atoms with Gasteiger partial charge in [0.15, 0.2) is 5.16 Å².